The van der Waals surface area contributed by atoms with E-state index in [1.807, 2.05) is 36.4 Å². The first-order valence-electron chi connectivity index (χ1n) is 8.37. The molecule has 4 rings (SSSR count). The summed E-state index contributed by atoms with van der Waals surface area (Å²) in [5.74, 6) is 0.678. The minimum Gasteiger partial charge on any atom is -0.316 e. The molecule has 0 radical (unpaired) electrons. The van der Waals surface area contributed by atoms with Crippen LogP contribution < -0.4 is 5.32 Å². The number of rotatable bonds is 2. The summed E-state index contributed by atoms with van der Waals surface area (Å²) < 4.78 is 0. The molecule has 4 heteroatoms. The van der Waals surface area contributed by atoms with Crippen molar-refractivity contribution in [1.29, 1.82) is 0 Å². The topological polar surface area (TPSA) is 29.1 Å². The fourth-order valence-corrected chi connectivity index (χ4v) is 5.02. The van der Waals surface area contributed by atoms with Crippen molar-refractivity contribution in [3.63, 3.8) is 0 Å². The maximum atomic E-state index is 12.5. The molecule has 2 aromatic carbocycles. The minimum atomic E-state index is -0.224. The first-order valence-corrected chi connectivity index (χ1v) is 9.12. The van der Waals surface area contributed by atoms with Gasteiger partial charge in [0, 0.05) is 34.3 Å². The molecule has 0 aromatic heterocycles. The summed E-state index contributed by atoms with van der Waals surface area (Å²) in [6.07, 6.45) is 1.40. The molecule has 1 aliphatic heterocycles. The van der Waals surface area contributed by atoms with E-state index in [1.54, 1.807) is 0 Å². The molecular formula is C20H19Cl2NO. The first kappa shape index (κ1) is 16.1. The molecule has 2 fully saturated rings. The van der Waals surface area contributed by atoms with Gasteiger partial charge in [0.2, 0.25) is 0 Å². The van der Waals surface area contributed by atoms with E-state index >= 15 is 0 Å². The van der Waals surface area contributed by atoms with Gasteiger partial charge in [0.15, 0.2) is 0 Å². The zero-order chi connectivity index (χ0) is 16.7. The van der Waals surface area contributed by atoms with Gasteiger partial charge < -0.3 is 5.32 Å². The zero-order valence-electron chi connectivity index (χ0n) is 13.3. The van der Waals surface area contributed by atoms with Gasteiger partial charge >= 0.3 is 0 Å². The van der Waals surface area contributed by atoms with Crippen molar-refractivity contribution in [2.45, 2.75) is 18.3 Å². The summed E-state index contributed by atoms with van der Waals surface area (Å²) in [6, 6.07) is 16.2. The van der Waals surface area contributed by atoms with Gasteiger partial charge in [-0.15, -0.1) is 0 Å². The third kappa shape index (κ3) is 2.48. The second kappa shape index (κ2) is 6.18. The van der Waals surface area contributed by atoms with Crippen LogP contribution in [0, 0.1) is 11.8 Å². The summed E-state index contributed by atoms with van der Waals surface area (Å²) in [5.41, 5.74) is 2.14. The molecule has 1 saturated carbocycles. The monoisotopic (exact) mass is 359 g/mol. The van der Waals surface area contributed by atoms with Crippen LogP contribution in [0.1, 0.15) is 24.0 Å². The van der Waals surface area contributed by atoms with Gasteiger partial charge in [-0.25, -0.2) is 0 Å². The van der Waals surface area contributed by atoms with Crippen molar-refractivity contribution < 1.29 is 4.79 Å². The highest BCUT2D eigenvalue weighted by atomic mass is 35.5. The van der Waals surface area contributed by atoms with Gasteiger partial charge in [-0.3, -0.25) is 4.79 Å². The van der Waals surface area contributed by atoms with Crippen LogP contribution in [-0.2, 0) is 10.2 Å². The number of halogens is 2. The van der Waals surface area contributed by atoms with Crippen LogP contribution in [-0.4, -0.2) is 18.9 Å². The number of nitrogens with one attached hydrogen (secondary N) is 1. The van der Waals surface area contributed by atoms with E-state index < -0.39 is 0 Å². The second-order valence-electron chi connectivity index (χ2n) is 6.83. The van der Waals surface area contributed by atoms with Crippen LogP contribution in [0.3, 0.4) is 0 Å². The van der Waals surface area contributed by atoms with Crippen LogP contribution >= 0.6 is 23.2 Å². The average Bonchev–Trinajstić information content (AvgIpc) is 3.07. The maximum absolute atomic E-state index is 12.5. The SMILES string of the molecule is O=C1CCC(c2cccc(Cl)c2)(c2cccc(Cl)c2)C2CNCC12. The highest BCUT2D eigenvalue weighted by Gasteiger charge is 2.52. The lowest BCUT2D eigenvalue weighted by atomic mass is 9.56. The lowest BCUT2D eigenvalue weighted by Crippen LogP contribution is -2.47. The van der Waals surface area contributed by atoms with Crippen molar-refractivity contribution in [2.24, 2.45) is 11.8 Å². The van der Waals surface area contributed by atoms with E-state index in [0.717, 1.165) is 29.6 Å². The van der Waals surface area contributed by atoms with Gasteiger partial charge in [0.1, 0.15) is 5.78 Å². The number of carbonyl (C=O) groups excluding carboxylic acids is 1. The van der Waals surface area contributed by atoms with Crippen molar-refractivity contribution in [3.8, 4) is 0 Å². The van der Waals surface area contributed by atoms with Crippen LogP contribution in [0.2, 0.25) is 10.0 Å². The number of benzene rings is 2. The molecule has 1 N–H and O–H groups in total. The molecular weight excluding hydrogens is 341 g/mol. The predicted octanol–water partition coefficient (Wildman–Crippen LogP) is 4.48. The van der Waals surface area contributed by atoms with Crippen molar-refractivity contribution in [3.05, 3.63) is 69.7 Å². The molecule has 1 aliphatic carbocycles. The number of Topliss-reactive ketones (excluding diaryl/α,β-unsaturated/α-hetero) is 1. The standard InChI is InChI=1S/C20H19Cl2NO/c21-15-5-1-3-13(9-15)20(14-4-2-6-16(22)10-14)8-7-19(24)17-11-23-12-18(17)20/h1-6,9-10,17-18,23H,7-8,11-12H2. The van der Waals surface area contributed by atoms with E-state index in [2.05, 4.69) is 17.4 Å². The van der Waals surface area contributed by atoms with Gasteiger partial charge in [-0.2, -0.15) is 0 Å². The molecule has 2 aromatic rings. The minimum absolute atomic E-state index is 0.0664. The van der Waals surface area contributed by atoms with E-state index in [1.165, 1.54) is 11.1 Å². The zero-order valence-corrected chi connectivity index (χ0v) is 14.8. The molecule has 124 valence electrons. The average molecular weight is 360 g/mol. The van der Waals surface area contributed by atoms with E-state index in [9.17, 15) is 4.79 Å². The van der Waals surface area contributed by atoms with Crippen molar-refractivity contribution >= 4 is 29.0 Å². The van der Waals surface area contributed by atoms with Crippen LogP contribution in [0.5, 0.6) is 0 Å². The Morgan fingerprint density at radius 2 is 1.58 bits per heavy atom. The van der Waals surface area contributed by atoms with Crippen molar-refractivity contribution in [2.75, 3.05) is 13.1 Å². The molecule has 2 unspecified atom stereocenters. The Hall–Kier alpha value is -1.35. The highest BCUT2D eigenvalue weighted by molar-refractivity contribution is 6.31. The molecule has 1 heterocycles. The Morgan fingerprint density at radius 3 is 2.17 bits per heavy atom. The highest BCUT2D eigenvalue weighted by Crippen LogP contribution is 2.51. The molecule has 0 amide bonds. The number of ketones is 1. The van der Waals surface area contributed by atoms with Gasteiger partial charge in [-0.05, 0) is 54.3 Å². The Bertz CT molecular complexity index is 743. The lowest BCUT2D eigenvalue weighted by Gasteiger charge is -2.46. The Morgan fingerprint density at radius 1 is 0.958 bits per heavy atom. The second-order valence-corrected chi connectivity index (χ2v) is 7.70. The number of hydrogen-bond acceptors (Lipinski definition) is 2. The normalized spacial score (nSPS) is 25.5. The number of carbonyl (C=O) groups is 1. The fourth-order valence-electron chi connectivity index (χ4n) is 4.64. The summed E-state index contributed by atoms with van der Waals surface area (Å²) in [6.45, 7) is 1.61. The Balaban J connectivity index is 1.94. The van der Waals surface area contributed by atoms with Crippen LogP contribution in [0.25, 0.3) is 0 Å². The molecule has 2 nitrogen and oxygen atoms in total. The van der Waals surface area contributed by atoms with Gasteiger partial charge in [0.25, 0.3) is 0 Å². The summed E-state index contributed by atoms with van der Waals surface area (Å²) in [4.78, 5) is 12.5. The lowest BCUT2D eigenvalue weighted by molar-refractivity contribution is -0.126. The summed E-state index contributed by atoms with van der Waals surface area (Å²) >= 11 is 12.6. The fraction of sp³-hybridized carbons (Fsp3) is 0.350. The predicted molar refractivity (Wildman–Crippen MR) is 97.8 cm³/mol. The first-order chi connectivity index (χ1) is 11.6. The molecule has 0 bridgehead atoms. The maximum Gasteiger partial charge on any atom is 0.137 e. The van der Waals surface area contributed by atoms with E-state index in [-0.39, 0.29) is 17.3 Å². The summed E-state index contributed by atoms with van der Waals surface area (Å²) in [5, 5.41) is 4.89. The quantitative estimate of drug-likeness (QED) is 0.856. The van der Waals surface area contributed by atoms with E-state index in [4.69, 9.17) is 23.2 Å². The summed E-state index contributed by atoms with van der Waals surface area (Å²) in [7, 11) is 0. The third-order valence-electron chi connectivity index (χ3n) is 5.71. The van der Waals surface area contributed by atoms with Crippen LogP contribution in [0.4, 0.5) is 0 Å². The molecule has 0 spiro atoms. The molecule has 2 atom stereocenters. The Kier molecular flexibility index (Phi) is 4.16. The largest absolute Gasteiger partial charge is 0.316 e. The molecule has 2 aliphatic rings. The van der Waals surface area contributed by atoms with Gasteiger partial charge in [-0.1, -0.05) is 47.5 Å². The molecule has 24 heavy (non-hydrogen) atoms. The van der Waals surface area contributed by atoms with E-state index in [0.29, 0.717) is 12.2 Å². The van der Waals surface area contributed by atoms with Crippen molar-refractivity contribution in [1.82, 2.24) is 5.32 Å². The molecule has 1 saturated heterocycles. The number of hydrogen-bond donors (Lipinski definition) is 1. The number of fused-ring (bicyclic) bond motifs is 1. The van der Waals surface area contributed by atoms with Crippen LogP contribution in [0.15, 0.2) is 48.5 Å². The van der Waals surface area contributed by atoms with Gasteiger partial charge in [0.05, 0.1) is 0 Å². The smallest absolute Gasteiger partial charge is 0.137 e. The third-order valence-corrected chi connectivity index (χ3v) is 6.18. The Labute approximate surface area is 152 Å².